The highest BCUT2D eigenvalue weighted by Crippen LogP contribution is 2.45. The minimum Gasteiger partial charge on any atom is -0.495 e. The van der Waals surface area contributed by atoms with Crippen LogP contribution in [0.4, 0.5) is 0 Å². The van der Waals surface area contributed by atoms with Crippen molar-refractivity contribution < 1.29 is 67.0 Å². The van der Waals surface area contributed by atoms with Crippen LogP contribution in [0, 0.1) is 23.2 Å². The lowest BCUT2D eigenvalue weighted by Crippen LogP contribution is -2.58. The molecule has 22 heteroatoms. The van der Waals surface area contributed by atoms with Crippen LogP contribution >= 0.6 is 11.6 Å². The van der Waals surface area contributed by atoms with Crippen LogP contribution in [-0.2, 0) is 75.2 Å². The van der Waals surface area contributed by atoms with Crippen LogP contribution in [0.15, 0.2) is 54.6 Å². The van der Waals surface area contributed by atoms with Gasteiger partial charge in [0.25, 0.3) is 11.8 Å². The van der Waals surface area contributed by atoms with Gasteiger partial charge < -0.3 is 50.9 Å². The van der Waals surface area contributed by atoms with E-state index in [1.54, 1.807) is 58.9 Å². The van der Waals surface area contributed by atoms with Crippen LogP contribution in [0.2, 0.25) is 5.02 Å². The Hall–Kier alpha value is -6.87. The monoisotopic (exact) mass is 1090 g/mol. The van der Waals surface area contributed by atoms with Crippen LogP contribution in [0.25, 0.3) is 0 Å². The lowest BCUT2D eigenvalue weighted by molar-refractivity contribution is -0.197. The van der Waals surface area contributed by atoms with Crippen LogP contribution in [0.5, 0.6) is 5.75 Å². The molecule has 21 nitrogen and oxygen atoms in total. The quantitative estimate of drug-likeness (QED) is 0.0618. The number of rotatable bonds is 20. The van der Waals surface area contributed by atoms with Gasteiger partial charge >= 0.3 is 11.9 Å². The topological polar surface area (TPSA) is 286 Å². The van der Waals surface area contributed by atoms with E-state index in [2.05, 4.69) is 31.9 Å². The summed E-state index contributed by atoms with van der Waals surface area (Å²) in [6.45, 7) is 15.8. The summed E-state index contributed by atoms with van der Waals surface area (Å²) in [5.74, 6) is -6.18. The average molecular weight is 1090 g/mol. The Balaban J connectivity index is 1.19. The maximum Gasteiger partial charge on any atom is 0.333 e. The molecule has 1 unspecified atom stereocenters. The SMILES string of the molecule is COc1ccc(C[C@H]2NC(=O)/C=C/C[C@@H]([C@H](C)[C@H]3O[C@@H]3c3ccc(CNC(=O)[C@H](C)NC(=O)C(NC(=O)CCCC(=O)ON4C(=O)CCC4=O)C(C)C)cc3)OC(=O)[C@H](CC(C)C)NC(=O)C(C)(C)[C@H](C)NC2=O)cc1Cl. The second kappa shape index (κ2) is 27.4. The maximum absolute atomic E-state index is 14.1. The first kappa shape index (κ1) is 61.0. The molecule has 6 N–H and O–H groups in total. The lowest BCUT2D eigenvalue weighted by Gasteiger charge is -2.34. The zero-order valence-corrected chi connectivity index (χ0v) is 46.2. The van der Waals surface area contributed by atoms with Gasteiger partial charge in [0.05, 0.1) is 23.7 Å². The normalized spacial score (nSPS) is 23.6. The van der Waals surface area contributed by atoms with E-state index >= 15 is 0 Å². The van der Waals surface area contributed by atoms with Crippen molar-refractivity contribution >= 4 is 70.8 Å². The Morgan fingerprint density at radius 2 is 1.51 bits per heavy atom. The third-order valence-corrected chi connectivity index (χ3v) is 14.2. The van der Waals surface area contributed by atoms with Gasteiger partial charge in [-0.2, -0.15) is 0 Å². The average Bonchev–Trinajstić information content (AvgIpc) is 4.11. The highest BCUT2D eigenvalue weighted by molar-refractivity contribution is 6.32. The number of nitrogens with one attached hydrogen (secondary N) is 6. The summed E-state index contributed by atoms with van der Waals surface area (Å²) >= 11 is 6.40. The summed E-state index contributed by atoms with van der Waals surface area (Å²) in [4.78, 5) is 135. The second-order valence-corrected chi connectivity index (χ2v) is 21.6. The fraction of sp³-hybridized carbons (Fsp3) is 0.564. The molecule has 0 radical (unpaired) electrons. The van der Waals surface area contributed by atoms with Crippen molar-refractivity contribution in [2.75, 3.05) is 7.11 Å². The van der Waals surface area contributed by atoms with Gasteiger partial charge in [-0.3, -0.25) is 38.4 Å². The summed E-state index contributed by atoms with van der Waals surface area (Å²) in [5, 5.41) is 17.5. The smallest absolute Gasteiger partial charge is 0.333 e. The second-order valence-electron chi connectivity index (χ2n) is 21.2. The predicted octanol–water partition coefficient (Wildman–Crippen LogP) is 4.12. The Kier molecular flexibility index (Phi) is 21.7. The van der Waals surface area contributed by atoms with E-state index < -0.39 is 113 Å². The first-order chi connectivity index (χ1) is 36.3. The van der Waals surface area contributed by atoms with Gasteiger partial charge in [-0.05, 0) is 87.3 Å². The number of epoxide rings is 1. The van der Waals surface area contributed by atoms with Crippen LogP contribution in [0.1, 0.15) is 130 Å². The van der Waals surface area contributed by atoms with Gasteiger partial charge in [-0.1, -0.05) is 82.6 Å². The van der Waals surface area contributed by atoms with Crippen molar-refractivity contribution in [1.82, 2.24) is 37.0 Å². The number of nitrogens with zero attached hydrogens (tertiary/aromatic N) is 1. The van der Waals surface area contributed by atoms with E-state index in [4.69, 9.17) is 30.6 Å². The molecule has 2 saturated heterocycles. The summed E-state index contributed by atoms with van der Waals surface area (Å²) in [7, 11) is 1.49. The highest BCUT2D eigenvalue weighted by atomic mass is 35.5. The molecule has 0 bridgehead atoms. The Morgan fingerprint density at radius 1 is 0.844 bits per heavy atom. The zero-order chi connectivity index (χ0) is 56.9. The van der Waals surface area contributed by atoms with Crippen molar-refractivity contribution in [3.8, 4) is 5.75 Å². The van der Waals surface area contributed by atoms with Crippen LogP contribution in [-0.4, -0.2) is 114 Å². The van der Waals surface area contributed by atoms with E-state index in [0.717, 1.165) is 11.1 Å². The van der Waals surface area contributed by atoms with E-state index in [0.29, 0.717) is 21.4 Å². The number of ether oxygens (including phenoxy) is 3. The molecule has 0 spiro atoms. The minimum absolute atomic E-state index is 0.0109. The van der Waals surface area contributed by atoms with Gasteiger partial charge in [0.15, 0.2) is 0 Å². The molecule has 77 heavy (non-hydrogen) atoms. The fourth-order valence-corrected chi connectivity index (χ4v) is 8.93. The van der Waals surface area contributed by atoms with Crippen molar-refractivity contribution in [3.05, 3.63) is 76.3 Å². The van der Waals surface area contributed by atoms with Crippen LogP contribution in [0.3, 0.4) is 0 Å². The molecule has 3 aliphatic heterocycles. The third kappa shape index (κ3) is 17.3. The third-order valence-electron chi connectivity index (χ3n) is 13.9. The van der Waals surface area contributed by atoms with Crippen molar-refractivity contribution in [3.63, 3.8) is 0 Å². The van der Waals surface area contributed by atoms with Gasteiger partial charge in [-0.25, -0.2) is 9.59 Å². The van der Waals surface area contributed by atoms with Gasteiger partial charge in [0.1, 0.15) is 42.1 Å². The number of esters is 1. The molecule has 2 aromatic rings. The fourth-order valence-electron chi connectivity index (χ4n) is 8.65. The van der Waals surface area contributed by atoms with E-state index in [1.807, 2.05) is 45.0 Å². The minimum atomic E-state index is -1.21. The number of carbonyl (C=O) groups excluding carboxylic acids is 10. The molecule has 420 valence electrons. The number of amides is 8. The standard InChI is InChI=1S/C55H74ClN7O14/c1-29(2)25-39-53(72)75-40(13-11-14-42(64)60-38(27-35-19-22-41(74-10)37(56)26-35)51(70)59-33(7)55(8,9)54(73)61-39)31(5)48-49(76-48)36-20-17-34(18-21-36)28-57-50(69)32(6)58-52(71)47(30(3)4)62-43(65)15-12-16-46(68)77-63-44(66)23-24-45(63)67/h11,14,17-22,26,29-33,38-40,47-49H,12-13,15-16,23-25,27-28H2,1-10H3,(H,57,69)(H,58,71)(H,59,70)(H,60,64)(H,61,73)(H,62,65)/b14-11+/t31-,32-,33-,38+,39-,40-,47?,48+,49+/m0/s1. The number of hydrogen-bond acceptors (Lipinski definition) is 14. The predicted molar refractivity (Wildman–Crippen MR) is 281 cm³/mol. The number of carbonyl (C=O) groups is 10. The molecule has 5 rings (SSSR count). The lowest BCUT2D eigenvalue weighted by atomic mass is 9.83. The molecule has 9 atom stereocenters. The molecule has 0 aromatic heterocycles. The summed E-state index contributed by atoms with van der Waals surface area (Å²) in [6.07, 6.45) is 1.32. The number of methoxy groups -OCH3 is 1. The molecule has 8 amide bonds. The van der Waals surface area contributed by atoms with Crippen molar-refractivity contribution in [2.45, 2.75) is 169 Å². The maximum atomic E-state index is 14.1. The Labute approximate surface area is 454 Å². The zero-order valence-electron chi connectivity index (χ0n) is 45.5. The highest BCUT2D eigenvalue weighted by Gasteiger charge is 2.48. The molecule has 0 aliphatic carbocycles. The van der Waals surface area contributed by atoms with Crippen molar-refractivity contribution in [2.24, 2.45) is 23.2 Å². The molecule has 2 fully saturated rings. The molecule has 3 heterocycles. The first-order valence-corrected chi connectivity index (χ1v) is 26.5. The van der Waals surface area contributed by atoms with Gasteiger partial charge in [0.2, 0.25) is 35.4 Å². The molecule has 3 aliphatic rings. The number of hydrogen-bond donors (Lipinski definition) is 6. The number of cyclic esters (lactones) is 1. The molecule has 0 saturated carbocycles. The molecular weight excluding hydrogens is 1020 g/mol. The van der Waals surface area contributed by atoms with E-state index in [1.165, 1.54) is 20.1 Å². The van der Waals surface area contributed by atoms with Crippen LogP contribution < -0.4 is 36.6 Å². The first-order valence-electron chi connectivity index (χ1n) is 26.1. The number of benzene rings is 2. The Morgan fingerprint density at radius 3 is 2.13 bits per heavy atom. The van der Waals surface area contributed by atoms with Gasteiger partial charge in [0, 0.05) is 57.0 Å². The largest absolute Gasteiger partial charge is 0.495 e. The van der Waals surface area contributed by atoms with E-state index in [-0.39, 0.29) is 75.9 Å². The Bertz CT molecular complexity index is 2540. The number of imide groups is 1. The van der Waals surface area contributed by atoms with Gasteiger partial charge in [-0.15, -0.1) is 5.06 Å². The molecule has 2 aromatic carbocycles. The summed E-state index contributed by atoms with van der Waals surface area (Å²) in [6, 6.07) is 7.64. The van der Waals surface area contributed by atoms with Crippen molar-refractivity contribution in [1.29, 1.82) is 0 Å². The van der Waals surface area contributed by atoms with E-state index in [9.17, 15) is 47.9 Å². The summed E-state index contributed by atoms with van der Waals surface area (Å²) in [5.41, 5.74) is 1.02. The molecular formula is C55H74ClN7O14. The summed E-state index contributed by atoms with van der Waals surface area (Å²) < 4.78 is 17.7. The number of hydroxylamine groups is 2. The number of halogens is 1.